The molecule has 0 unspecified atom stereocenters. The second-order valence-electron chi connectivity index (χ2n) is 8.36. The average Bonchev–Trinajstić information content (AvgIpc) is 2.82. The Morgan fingerprint density at radius 2 is 1.83 bits per heavy atom. The summed E-state index contributed by atoms with van der Waals surface area (Å²) in [5, 5.41) is 0. The fraction of sp³-hybridized carbons (Fsp3) is 0.722. The van der Waals surface area contributed by atoms with E-state index in [1.165, 1.54) is 11.3 Å². The van der Waals surface area contributed by atoms with Crippen molar-refractivity contribution in [3.63, 3.8) is 0 Å². The topological polar surface area (TPSA) is 58.6 Å². The molecule has 0 aromatic carbocycles. The van der Waals surface area contributed by atoms with Crippen LogP contribution < -0.4 is 4.90 Å². The van der Waals surface area contributed by atoms with Crippen LogP contribution in [0.25, 0.3) is 0 Å². The molecule has 0 atom stereocenters. The van der Waals surface area contributed by atoms with E-state index in [4.69, 9.17) is 4.74 Å². The molecule has 1 aromatic rings. The van der Waals surface area contributed by atoms with E-state index in [0.29, 0.717) is 13.1 Å². The first-order chi connectivity index (χ1) is 11.2. The zero-order valence-corrected chi connectivity index (χ0v) is 15.4. The molecule has 2 aliphatic rings. The third kappa shape index (κ3) is 3.32. The van der Waals surface area contributed by atoms with Crippen molar-refractivity contribution in [2.75, 3.05) is 31.1 Å². The van der Waals surface area contributed by atoms with Gasteiger partial charge < -0.3 is 14.5 Å². The molecule has 132 valence electrons. The number of carbonyl (C=O) groups excluding carboxylic acids is 1. The predicted molar refractivity (Wildman–Crippen MR) is 93.4 cm³/mol. The van der Waals surface area contributed by atoms with E-state index in [0.717, 1.165) is 31.7 Å². The number of aromatic nitrogens is 2. The van der Waals surface area contributed by atoms with Gasteiger partial charge in [-0.3, -0.25) is 0 Å². The van der Waals surface area contributed by atoms with E-state index < -0.39 is 5.60 Å². The molecule has 6 nitrogen and oxygen atoms in total. The van der Waals surface area contributed by atoms with E-state index in [1.54, 1.807) is 11.2 Å². The van der Waals surface area contributed by atoms with Crippen LogP contribution in [0.4, 0.5) is 10.6 Å². The number of amides is 1. The van der Waals surface area contributed by atoms with Crippen LogP contribution in [0.5, 0.6) is 0 Å². The van der Waals surface area contributed by atoms with E-state index in [-0.39, 0.29) is 11.5 Å². The minimum atomic E-state index is -0.453. The highest BCUT2D eigenvalue weighted by molar-refractivity contribution is 5.68. The molecule has 0 N–H and O–H groups in total. The molecular weight excluding hydrogens is 304 g/mol. The Hall–Kier alpha value is -1.85. The summed E-state index contributed by atoms with van der Waals surface area (Å²) in [4.78, 5) is 25.3. The Bertz CT molecular complexity index is 628. The lowest BCUT2D eigenvalue weighted by molar-refractivity contribution is 0.0240. The van der Waals surface area contributed by atoms with Gasteiger partial charge in [-0.25, -0.2) is 14.8 Å². The Labute approximate surface area is 144 Å². The summed E-state index contributed by atoms with van der Waals surface area (Å²) in [5.41, 5.74) is 2.13. The van der Waals surface area contributed by atoms with Gasteiger partial charge in [-0.2, -0.15) is 0 Å². The van der Waals surface area contributed by atoms with E-state index in [9.17, 15) is 4.79 Å². The SMILES string of the molecule is CC(C)(C)OC(=O)N1CCN(c2ncnc3c2C(C)(C)CC3)CC1. The number of aryl methyl sites for hydroxylation is 1. The lowest BCUT2D eigenvalue weighted by Crippen LogP contribution is -2.50. The second-order valence-corrected chi connectivity index (χ2v) is 8.36. The normalized spacial score (nSPS) is 20.0. The molecule has 1 aliphatic carbocycles. The van der Waals surface area contributed by atoms with Crippen LogP contribution in [0.3, 0.4) is 0 Å². The van der Waals surface area contributed by atoms with Crippen molar-refractivity contribution >= 4 is 11.9 Å². The third-order valence-corrected chi connectivity index (χ3v) is 4.80. The predicted octanol–water partition coefficient (Wildman–Crippen LogP) is 2.76. The first-order valence-electron chi connectivity index (χ1n) is 8.75. The van der Waals surface area contributed by atoms with Crippen molar-refractivity contribution in [3.05, 3.63) is 17.6 Å². The van der Waals surface area contributed by atoms with Crippen molar-refractivity contribution in [1.29, 1.82) is 0 Å². The molecule has 1 saturated heterocycles. The molecule has 0 bridgehead atoms. The number of anilines is 1. The maximum atomic E-state index is 12.2. The molecule has 1 aromatic heterocycles. The van der Waals surface area contributed by atoms with Gasteiger partial charge in [-0.1, -0.05) is 13.8 Å². The first kappa shape index (κ1) is 17.0. The molecule has 6 heteroatoms. The minimum Gasteiger partial charge on any atom is -0.444 e. The third-order valence-electron chi connectivity index (χ3n) is 4.80. The van der Waals surface area contributed by atoms with Crippen molar-refractivity contribution in [3.8, 4) is 0 Å². The number of piperazine rings is 1. The smallest absolute Gasteiger partial charge is 0.410 e. The van der Waals surface area contributed by atoms with Crippen LogP contribution in [-0.4, -0.2) is 52.7 Å². The molecule has 24 heavy (non-hydrogen) atoms. The van der Waals surface area contributed by atoms with Crippen molar-refractivity contribution < 1.29 is 9.53 Å². The van der Waals surface area contributed by atoms with Crippen LogP contribution in [0.15, 0.2) is 6.33 Å². The summed E-state index contributed by atoms with van der Waals surface area (Å²) in [6, 6.07) is 0. The second kappa shape index (κ2) is 5.90. The van der Waals surface area contributed by atoms with Crippen molar-refractivity contribution in [1.82, 2.24) is 14.9 Å². The molecular formula is C18H28N4O2. The monoisotopic (exact) mass is 332 g/mol. The number of rotatable bonds is 1. The Balaban J connectivity index is 1.71. The van der Waals surface area contributed by atoms with Crippen LogP contribution in [0.2, 0.25) is 0 Å². The van der Waals surface area contributed by atoms with Crippen LogP contribution in [0, 0.1) is 0 Å². The number of fused-ring (bicyclic) bond motifs is 1. The quantitative estimate of drug-likeness (QED) is 0.791. The highest BCUT2D eigenvalue weighted by Gasteiger charge is 2.36. The average molecular weight is 332 g/mol. The summed E-state index contributed by atoms with van der Waals surface area (Å²) in [7, 11) is 0. The highest BCUT2D eigenvalue weighted by atomic mass is 16.6. The summed E-state index contributed by atoms with van der Waals surface area (Å²) < 4.78 is 5.47. The summed E-state index contributed by atoms with van der Waals surface area (Å²) in [6.07, 6.45) is 3.59. The lowest BCUT2D eigenvalue weighted by atomic mass is 9.87. The standard InChI is InChI=1S/C18H28N4O2/c1-17(2,3)24-16(23)22-10-8-21(9-11-22)15-14-13(19-12-20-15)6-7-18(14,4)5/h12H,6-11H2,1-5H3. The maximum absolute atomic E-state index is 12.2. The van der Waals surface area contributed by atoms with Gasteiger partial charge in [0.25, 0.3) is 0 Å². The molecule has 1 fully saturated rings. The van der Waals surface area contributed by atoms with Gasteiger partial charge in [-0.15, -0.1) is 0 Å². The lowest BCUT2D eigenvalue weighted by Gasteiger charge is -2.37. The molecule has 2 heterocycles. The largest absolute Gasteiger partial charge is 0.444 e. The Kier molecular flexibility index (Phi) is 4.18. The van der Waals surface area contributed by atoms with Crippen LogP contribution in [0.1, 0.15) is 52.3 Å². The minimum absolute atomic E-state index is 0.119. The number of hydrogen-bond donors (Lipinski definition) is 0. The van der Waals surface area contributed by atoms with Crippen molar-refractivity contribution in [2.24, 2.45) is 0 Å². The van der Waals surface area contributed by atoms with E-state index >= 15 is 0 Å². The fourth-order valence-corrected chi connectivity index (χ4v) is 3.52. The van der Waals surface area contributed by atoms with Gasteiger partial charge in [0, 0.05) is 37.4 Å². The molecule has 0 radical (unpaired) electrons. The molecule has 3 rings (SSSR count). The molecule has 1 amide bonds. The van der Waals surface area contributed by atoms with E-state index in [1.807, 2.05) is 20.8 Å². The number of hydrogen-bond acceptors (Lipinski definition) is 5. The first-order valence-corrected chi connectivity index (χ1v) is 8.75. The van der Waals surface area contributed by atoms with Crippen LogP contribution in [-0.2, 0) is 16.6 Å². The van der Waals surface area contributed by atoms with Gasteiger partial charge >= 0.3 is 6.09 Å². The van der Waals surface area contributed by atoms with Gasteiger partial charge in [0.2, 0.25) is 0 Å². The number of carbonyl (C=O) groups is 1. The Morgan fingerprint density at radius 1 is 1.17 bits per heavy atom. The molecule has 0 saturated carbocycles. The summed E-state index contributed by atoms with van der Waals surface area (Å²) in [5.74, 6) is 1.05. The van der Waals surface area contributed by atoms with E-state index in [2.05, 4.69) is 28.7 Å². The molecule has 0 spiro atoms. The highest BCUT2D eigenvalue weighted by Crippen LogP contribution is 2.42. The van der Waals surface area contributed by atoms with Gasteiger partial charge in [-0.05, 0) is 39.0 Å². The van der Waals surface area contributed by atoms with Crippen molar-refractivity contribution in [2.45, 2.75) is 58.5 Å². The van der Waals surface area contributed by atoms with Gasteiger partial charge in [0.05, 0.1) is 0 Å². The van der Waals surface area contributed by atoms with Gasteiger partial charge in [0.15, 0.2) is 0 Å². The zero-order chi connectivity index (χ0) is 17.5. The fourth-order valence-electron chi connectivity index (χ4n) is 3.52. The number of nitrogens with zero attached hydrogens (tertiary/aromatic N) is 4. The Morgan fingerprint density at radius 3 is 2.46 bits per heavy atom. The molecule has 1 aliphatic heterocycles. The van der Waals surface area contributed by atoms with Gasteiger partial charge in [0.1, 0.15) is 17.7 Å². The number of ether oxygens (including phenoxy) is 1. The zero-order valence-electron chi connectivity index (χ0n) is 15.4. The summed E-state index contributed by atoms with van der Waals surface area (Å²) in [6.45, 7) is 13.1. The maximum Gasteiger partial charge on any atom is 0.410 e. The van der Waals surface area contributed by atoms with Crippen LogP contribution >= 0.6 is 0 Å². The summed E-state index contributed by atoms with van der Waals surface area (Å²) >= 11 is 0.